The first-order chi connectivity index (χ1) is 14.4. The second kappa shape index (κ2) is 12.2. The molecule has 2 N–H and O–H groups in total. The molecule has 1 heterocycles. The molecule has 0 unspecified atom stereocenters. The highest BCUT2D eigenvalue weighted by atomic mass is 127. The van der Waals surface area contributed by atoms with Gasteiger partial charge >= 0.3 is 0 Å². The van der Waals surface area contributed by atoms with Gasteiger partial charge in [0.25, 0.3) is 0 Å². The van der Waals surface area contributed by atoms with Gasteiger partial charge in [-0.15, -0.1) is 24.0 Å². The van der Waals surface area contributed by atoms with Crippen LogP contribution in [0, 0.1) is 0 Å². The Morgan fingerprint density at radius 1 is 1.13 bits per heavy atom. The van der Waals surface area contributed by atoms with Crippen molar-refractivity contribution in [3.05, 3.63) is 53.7 Å². The number of benzene rings is 1. The zero-order chi connectivity index (χ0) is 21.4. The third-order valence-electron chi connectivity index (χ3n) is 5.13. The van der Waals surface area contributed by atoms with Crippen LogP contribution in [0.5, 0.6) is 5.88 Å². The number of sulfone groups is 1. The van der Waals surface area contributed by atoms with E-state index < -0.39 is 9.84 Å². The zero-order valence-corrected chi connectivity index (χ0v) is 21.2. The molecular formula is C22H31IN4O3S. The van der Waals surface area contributed by atoms with Crippen LogP contribution < -0.4 is 15.4 Å². The largest absolute Gasteiger partial charge is 0.474 e. The van der Waals surface area contributed by atoms with Crippen molar-refractivity contribution < 1.29 is 13.2 Å². The number of aliphatic imine (C=N–C) groups is 1. The molecule has 2 aromatic rings. The lowest BCUT2D eigenvalue weighted by Crippen LogP contribution is -2.37. The Balaban J connectivity index is 0.00000341. The van der Waals surface area contributed by atoms with Crippen LogP contribution in [-0.2, 0) is 22.8 Å². The first-order valence-electron chi connectivity index (χ1n) is 10.3. The van der Waals surface area contributed by atoms with Gasteiger partial charge in [0.05, 0.1) is 4.90 Å². The number of halogens is 1. The Bertz CT molecular complexity index is 959. The minimum atomic E-state index is -3.16. The summed E-state index contributed by atoms with van der Waals surface area (Å²) in [4.78, 5) is 8.91. The lowest BCUT2D eigenvalue weighted by atomic mass is 10.1. The standard InChI is InChI=1S/C22H30N4O3S.HI/c1-23-22(25-14-11-17-7-9-20(10-8-17)30(2,27)28)26-16-18-12-13-24-21(15-18)29-19-5-3-4-6-19;/h7-10,12-13,15,19H,3-6,11,14,16H2,1-2H3,(H2,23,25,26);1H. The SMILES string of the molecule is CN=C(NCCc1ccc(S(C)(=O)=O)cc1)NCc1ccnc(OC2CCCC2)c1.I. The number of ether oxygens (including phenoxy) is 1. The van der Waals surface area contributed by atoms with E-state index in [9.17, 15) is 8.42 Å². The number of hydrogen-bond donors (Lipinski definition) is 2. The number of pyridine rings is 1. The smallest absolute Gasteiger partial charge is 0.213 e. The molecule has 1 aliphatic carbocycles. The van der Waals surface area contributed by atoms with Gasteiger partial charge in [0.15, 0.2) is 15.8 Å². The highest BCUT2D eigenvalue weighted by Crippen LogP contribution is 2.23. The molecule has 7 nitrogen and oxygen atoms in total. The number of rotatable bonds is 8. The van der Waals surface area contributed by atoms with E-state index in [1.807, 2.05) is 24.3 Å². The van der Waals surface area contributed by atoms with Crippen LogP contribution in [0.1, 0.15) is 36.8 Å². The summed E-state index contributed by atoms with van der Waals surface area (Å²) in [6.07, 6.45) is 8.73. The van der Waals surface area contributed by atoms with Gasteiger partial charge < -0.3 is 15.4 Å². The maximum Gasteiger partial charge on any atom is 0.213 e. The summed E-state index contributed by atoms with van der Waals surface area (Å²) >= 11 is 0. The molecule has 170 valence electrons. The molecule has 1 saturated carbocycles. The summed E-state index contributed by atoms with van der Waals surface area (Å²) in [5.74, 6) is 1.39. The van der Waals surface area contributed by atoms with E-state index in [0.717, 1.165) is 30.4 Å². The summed E-state index contributed by atoms with van der Waals surface area (Å²) in [6, 6.07) is 10.9. The van der Waals surface area contributed by atoms with Crippen molar-refractivity contribution in [2.24, 2.45) is 4.99 Å². The first-order valence-corrected chi connectivity index (χ1v) is 12.2. The predicted octanol–water partition coefficient (Wildman–Crippen LogP) is 3.33. The Morgan fingerprint density at radius 2 is 1.84 bits per heavy atom. The quantitative estimate of drug-likeness (QED) is 0.294. The van der Waals surface area contributed by atoms with Crippen LogP contribution in [0.2, 0.25) is 0 Å². The topological polar surface area (TPSA) is 92.7 Å². The lowest BCUT2D eigenvalue weighted by Gasteiger charge is -2.14. The number of nitrogens with one attached hydrogen (secondary N) is 2. The number of hydrogen-bond acceptors (Lipinski definition) is 5. The Labute approximate surface area is 202 Å². The Kier molecular flexibility index (Phi) is 10.0. The van der Waals surface area contributed by atoms with Gasteiger partial charge in [0.2, 0.25) is 5.88 Å². The number of guanidine groups is 1. The van der Waals surface area contributed by atoms with E-state index in [0.29, 0.717) is 35.9 Å². The third-order valence-corrected chi connectivity index (χ3v) is 6.26. The van der Waals surface area contributed by atoms with Crippen LogP contribution in [0.4, 0.5) is 0 Å². The molecular weight excluding hydrogens is 527 g/mol. The fourth-order valence-electron chi connectivity index (χ4n) is 3.44. The maximum absolute atomic E-state index is 11.5. The molecule has 0 saturated heterocycles. The molecule has 0 amide bonds. The molecule has 1 aliphatic rings. The van der Waals surface area contributed by atoms with Crippen molar-refractivity contribution in [1.29, 1.82) is 0 Å². The number of nitrogens with zero attached hydrogens (tertiary/aromatic N) is 2. The van der Waals surface area contributed by atoms with Gasteiger partial charge in [-0.1, -0.05) is 12.1 Å². The molecule has 1 aromatic carbocycles. The monoisotopic (exact) mass is 558 g/mol. The summed E-state index contributed by atoms with van der Waals surface area (Å²) in [5, 5.41) is 6.58. The van der Waals surface area contributed by atoms with Gasteiger partial charge in [0, 0.05) is 38.7 Å². The van der Waals surface area contributed by atoms with E-state index in [2.05, 4.69) is 20.6 Å². The van der Waals surface area contributed by atoms with E-state index in [4.69, 9.17) is 4.74 Å². The fourth-order valence-corrected chi connectivity index (χ4v) is 4.07. The molecule has 3 rings (SSSR count). The highest BCUT2D eigenvalue weighted by molar-refractivity contribution is 14.0. The van der Waals surface area contributed by atoms with Gasteiger partial charge in [-0.2, -0.15) is 0 Å². The van der Waals surface area contributed by atoms with E-state index in [-0.39, 0.29) is 24.0 Å². The molecule has 9 heteroatoms. The molecule has 0 aliphatic heterocycles. The van der Waals surface area contributed by atoms with Crippen molar-refractivity contribution in [2.75, 3.05) is 19.8 Å². The predicted molar refractivity (Wildman–Crippen MR) is 134 cm³/mol. The first kappa shape index (κ1) is 25.4. The average Bonchev–Trinajstić information content (AvgIpc) is 3.23. The van der Waals surface area contributed by atoms with Crippen LogP contribution in [0.15, 0.2) is 52.5 Å². The summed E-state index contributed by atoms with van der Waals surface area (Å²) in [6.45, 7) is 1.30. The van der Waals surface area contributed by atoms with Crippen molar-refractivity contribution in [3.8, 4) is 5.88 Å². The summed E-state index contributed by atoms with van der Waals surface area (Å²) < 4.78 is 29.0. The van der Waals surface area contributed by atoms with Crippen LogP contribution in [0.25, 0.3) is 0 Å². The second-order valence-electron chi connectivity index (χ2n) is 7.55. The minimum absolute atomic E-state index is 0. The molecule has 0 atom stereocenters. The van der Waals surface area contributed by atoms with Gasteiger partial charge in [-0.25, -0.2) is 13.4 Å². The molecule has 1 fully saturated rings. The van der Waals surface area contributed by atoms with E-state index in [1.165, 1.54) is 19.1 Å². The second-order valence-corrected chi connectivity index (χ2v) is 9.56. The number of aromatic nitrogens is 1. The fraction of sp³-hybridized carbons (Fsp3) is 0.455. The summed E-state index contributed by atoms with van der Waals surface area (Å²) in [7, 11) is -1.43. The average molecular weight is 558 g/mol. The van der Waals surface area contributed by atoms with Gasteiger partial charge in [-0.3, -0.25) is 4.99 Å². The lowest BCUT2D eigenvalue weighted by molar-refractivity contribution is 0.201. The highest BCUT2D eigenvalue weighted by Gasteiger charge is 2.17. The van der Waals surface area contributed by atoms with Crippen molar-refractivity contribution in [1.82, 2.24) is 15.6 Å². The Hall–Kier alpha value is -1.88. The van der Waals surface area contributed by atoms with Crippen LogP contribution in [0.3, 0.4) is 0 Å². The Morgan fingerprint density at radius 3 is 2.48 bits per heavy atom. The van der Waals surface area contributed by atoms with Crippen LogP contribution >= 0.6 is 24.0 Å². The molecule has 0 bridgehead atoms. The van der Waals surface area contributed by atoms with E-state index >= 15 is 0 Å². The van der Waals surface area contributed by atoms with Crippen molar-refractivity contribution in [3.63, 3.8) is 0 Å². The zero-order valence-electron chi connectivity index (χ0n) is 18.0. The van der Waals surface area contributed by atoms with Crippen molar-refractivity contribution >= 4 is 39.8 Å². The van der Waals surface area contributed by atoms with Gasteiger partial charge in [0.1, 0.15) is 6.10 Å². The minimum Gasteiger partial charge on any atom is -0.474 e. The molecule has 0 radical (unpaired) electrons. The maximum atomic E-state index is 11.5. The molecule has 1 aromatic heterocycles. The van der Waals surface area contributed by atoms with Crippen molar-refractivity contribution in [2.45, 2.75) is 49.6 Å². The third kappa shape index (κ3) is 8.29. The van der Waals surface area contributed by atoms with Gasteiger partial charge in [-0.05, 0) is 61.4 Å². The molecule has 0 spiro atoms. The van der Waals surface area contributed by atoms with Crippen LogP contribution in [-0.4, -0.2) is 45.3 Å². The summed E-state index contributed by atoms with van der Waals surface area (Å²) in [5.41, 5.74) is 2.14. The van der Waals surface area contributed by atoms with E-state index in [1.54, 1.807) is 25.4 Å². The normalized spacial score (nSPS) is 14.7. The molecule has 31 heavy (non-hydrogen) atoms.